The molecule has 0 N–H and O–H groups in total. The Kier molecular flexibility index (Phi) is 7.90. The lowest BCUT2D eigenvalue weighted by Gasteiger charge is -2.39. The summed E-state index contributed by atoms with van der Waals surface area (Å²) >= 11 is 0. The van der Waals surface area contributed by atoms with Crippen molar-refractivity contribution >= 4 is 0 Å². The zero-order valence-electron chi connectivity index (χ0n) is 20.3. The fraction of sp³-hybridized carbons (Fsp3) is 0.419. The van der Waals surface area contributed by atoms with Crippen molar-refractivity contribution in [3.63, 3.8) is 0 Å². The van der Waals surface area contributed by atoms with Crippen LogP contribution < -0.4 is 0 Å². The molecular formula is C31H35F2NO. The molecule has 0 saturated carbocycles. The van der Waals surface area contributed by atoms with Crippen molar-refractivity contribution in [2.75, 3.05) is 13.2 Å². The van der Waals surface area contributed by atoms with Crippen molar-refractivity contribution in [1.82, 2.24) is 4.90 Å². The summed E-state index contributed by atoms with van der Waals surface area (Å²) in [5, 5.41) is 0. The van der Waals surface area contributed by atoms with E-state index in [1.54, 1.807) is 36.4 Å². The molecule has 4 heteroatoms. The highest BCUT2D eigenvalue weighted by molar-refractivity contribution is 5.32. The molecule has 0 aliphatic carbocycles. The molecule has 0 amide bonds. The molecule has 2 nitrogen and oxygen atoms in total. The molecule has 2 aliphatic rings. The SMILES string of the molecule is Fc1ccccc1C(OCCC1C[C@H]2CC[C@@H](C1)N2CCCc1ccccc1)c1ccccc1F. The minimum absolute atomic E-state index is 0.359. The van der Waals surface area contributed by atoms with Gasteiger partial charge in [0.25, 0.3) is 0 Å². The summed E-state index contributed by atoms with van der Waals surface area (Å²) in [7, 11) is 0. The van der Waals surface area contributed by atoms with Gasteiger partial charge in [-0.15, -0.1) is 0 Å². The Morgan fingerprint density at radius 1 is 0.771 bits per heavy atom. The molecule has 3 atom stereocenters. The highest BCUT2D eigenvalue weighted by Crippen LogP contribution is 2.40. The maximum absolute atomic E-state index is 14.6. The van der Waals surface area contributed by atoms with Gasteiger partial charge in [-0.2, -0.15) is 0 Å². The van der Waals surface area contributed by atoms with Gasteiger partial charge in [-0.25, -0.2) is 8.78 Å². The van der Waals surface area contributed by atoms with Crippen LogP contribution in [0.15, 0.2) is 78.9 Å². The van der Waals surface area contributed by atoms with E-state index in [-0.39, 0.29) is 11.6 Å². The Morgan fingerprint density at radius 2 is 1.34 bits per heavy atom. The van der Waals surface area contributed by atoms with Gasteiger partial charge in [0.1, 0.15) is 17.7 Å². The van der Waals surface area contributed by atoms with Gasteiger partial charge in [0.2, 0.25) is 0 Å². The highest BCUT2D eigenvalue weighted by atomic mass is 19.1. The van der Waals surface area contributed by atoms with Crippen LogP contribution >= 0.6 is 0 Å². The van der Waals surface area contributed by atoms with Gasteiger partial charge in [-0.05, 0) is 75.1 Å². The number of hydrogen-bond acceptors (Lipinski definition) is 2. The van der Waals surface area contributed by atoms with Gasteiger partial charge >= 0.3 is 0 Å². The first-order valence-corrected chi connectivity index (χ1v) is 13.1. The topological polar surface area (TPSA) is 12.5 Å². The number of rotatable bonds is 10. The van der Waals surface area contributed by atoms with E-state index >= 15 is 0 Å². The first kappa shape index (κ1) is 24.1. The summed E-state index contributed by atoms with van der Waals surface area (Å²) in [6, 6.07) is 25.2. The number of halogens is 2. The van der Waals surface area contributed by atoms with Crippen LogP contribution in [0.5, 0.6) is 0 Å². The van der Waals surface area contributed by atoms with Crippen molar-refractivity contribution in [1.29, 1.82) is 0 Å². The standard InChI is InChI=1S/C31H35F2NO/c32-29-14-6-4-12-27(29)31(28-13-5-7-15-30(28)33)35-20-18-24-21-25-16-17-26(22-24)34(25)19-8-11-23-9-2-1-3-10-23/h1-7,9-10,12-15,24-26,31H,8,11,16-22H2/t24?,25-,26+. The lowest BCUT2D eigenvalue weighted by Crippen LogP contribution is -2.43. The van der Waals surface area contributed by atoms with Crippen molar-refractivity contribution in [3.8, 4) is 0 Å². The van der Waals surface area contributed by atoms with E-state index in [0.717, 1.165) is 12.8 Å². The fourth-order valence-electron chi connectivity index (χ4n) is 6.17. The molecule has 2 bridgehead atoms. The first-order chi connectivity index (χ1) is 17.2. The zero-order valence-corrected chi connectivity index (χ0v) is 20.3. The van der Waals surface area contributed by atoms with Gasteiger partial charge in [0, 0.05) is 29.8 Å². The number of hydrogen-bond donors (Lipinski definition) is 0. The van der Waals surface area contributed by atoms with Gasteiger partial charge in [0.05, 0.1) is 0 Å². The second-order valence-corrected chi connectivity index (χ2v) is 10.1. The van der Waals surface area contributed by atoms with Gasteiger partial charge in [-0.1, -0.05) is 66.7 Å². The van der Waals surface area contributed by atoms with Crippen LogP contribution in [0.1, 0.15) is 61.3 Å². The molecule has 184 valence electrons. The monoisotopic (exact) mass is 475 g/mol. The largest absolute Gasteiger partial charge is 0.369 e. The van der Waals surface area contributed by atoms with E-state index in [0.29, 0.717) is 35.7 Å². The molecule has 3 aromatic rings. The quantitative estimate of drug-likeness (QED) is 0.304. The number of fused-ring (bicyclic) bond motifs is 2. The third-order valence-electron chi connectivity index (χ3n) is 7.89. The lowest BCUT2D eigenvalue weighted by molar-refractivity contribution is 0.0435. The predicted octanol–water partition coefficient (Wildman–Crippen LogP) is 7.34. The third-order valence-corrected chi connectivity index (χ3v) is 7.89. The predicted molar refractivity (Wildman–Crippen MR) is 136 cm³/mol. The molecule has 0 aromatic heterocycles. The minimum atomic E-state index is -0.729. The summed E-state index contributed by atoms with van der Waals surface area (Å²) in [5.74, 6) is -0.106. The van der Waals surface area contributed by atoms with Crippen LogP contribution in [-0.2, 0) is 11.2 Å². The van der Waals surface area contributed by atoms with Crippen LogP contribution in [0.25, 0.3) is 0 Å². The summed E-state index contributed by atoms with van der Waals surface area (Å²) in [6.45, 7) is 1.68. The van der Waals surface area contributed by atoms with Crippen LogP contribution in [0.4, 0.5) is 8.78 Å². The average molecular weight is 476 g/mol. The zero-order chi connectivity index (χ0) is 24.0. The summed E-state index contributed by atoms with van der Waals surface area (Å²) in [6.07, 6.45) is 7.54. The van der Waals surface area contributed by atoms with Crippen molar-refractivity contribution in [3.05, 3.63) is 107 Å². The maximum Gasteiger partial charge on any atom is 0.129 e. The van der Waals surface area contributed by atoms with E-state index in [1.807, 2.05) is 0 Å². The van der Waals surface area contributed by atoms with E-state index < -0.39 is 6.10 Å². The Morgan fingerprint density at radius 3 is 1.94 bits per heavy atom. The van der Waals surface area contributed by atoms with Crippen molar-refractivity contribution < 1.29 is 13.5 Å². The van der Waals surface area contributed by atoms with E-state index in [9.17, 15) is 8.78 Å². The van der Waals surface area contributed by atoms with Crippen LogP contribution in [0.2, 0.25) is 0 Å². The van der Waals surface area contributed by atoms with Gasteiger partial charge in [0.15, 0.2) is 0 Å². The Labute approximate surface area is 207 Å². The number of nitrogens with zero attached hydrogens (tertiary/aromatic N) is 1. The molecule has 0 spiro atoms. The summed E-state index contributed by atoms with van der Waals surface area (Å²) < 4.78 is 35.4. The molecule has 2 saturated heterocycles. The Bertz CT molecular complexity index is 1030. The molecule has 5 rings (SSSR count). The third kappa shape index (κ3) is 5.82. The minimum Gasteiger partial charge on any atom is -0.369 e. The molecule has 2 fully saturated rings. The second-order valence-electron chi connectivity index (χ2n) is 10.1. The summed E-state index contributed by atoms with van der Waals surface area (Å²) in [4.78, 5) is 2.75. The number of piperidine rings is 1. The smallest absolute Gasteiger partial charge is 0.129 e. The maximum atomic E-state index is 14.6. The van der Waals surface area contributed by atoms with Crippen molar-refractivity contribution in [2.45, 2.75) is 63.1 Å². The van der Waals surface area contributed by atoms with E-state index in [2.05, 4.69) is 35.2 Å². The molecular weight excluding hydrogens is 440 g/mol. The molecule has 0 radical (unpaired) electrons. The number of ether oxygens (including phenoxy) is 1. The Hall–Kier alpha value is -2.56. The highest BCUT2D eigenvalue weighted by Gasteiger charge is 2.40. The molecule has 2 heterocycles. The average Bonchev–Trinajstić information content (AvgIpc) is 3.11. The van der Waals surface area contributed by atoms with Crippen molar-refractivity contribution in [2.24, 2.45) is 5.92 Å². The number of aryl methyl sites for hydroxylation is 1. The molecule has 3 aromatic carbocycles. The van der Waals surface area contributed by atoms with E-state index in [1.165, 1.54) is 56.3 Å². The number of benzene rings is 3. The van der Waals surface area contributed by atoms with Crippen LogP contribution in [0, 0.1) is 17.6 Å². The van der Waals surface area contributed by atoms with E-state index in [4.69, 9.17) is 4.74 Å². The molecule has 35 heavy (non-hydrogen) atoms. The Balaban J connectivity index is 1.16. The summed E-state index contributed by atoms with van der Waals surface area (Å²) in [5.41, 5.74) is 2.21. The van der Waals surface area contributed by atoms with Gasteiger partial charge < -0.3 is 4.74 Å². The molecule has 2 aliphatic heterocycles. The van der Waals surface area contributed by atoms with Crippen LogP contribution in [0.3, 0.4) is 0 Å². The van der Waals surface area contributed by atoms with Crippen LogP contribution in [-0.4, -0.2) is 30.1 Å². The first-order valence-electron chi connectivity index (χ1n) is 13.1. The lowest BCUT2D eigenvalue weighted by atomic mass is 9.88. The fourth-order valence-corrected chi connectivity index (χ4v) is 6.17. The van der Waals surface area contributed by atoms with Gasteiger partial charge in [-0.3, -0.25) is 4.90 Å². The molecule has 1 unspecified atom stereocenters. The normalized spacial score (nSPS) is 22.1. The second kappa shape index (κ2) is 11.5.